The Bertz CT molecular complexity index is 595. The molecular weight excluding hydrogens is 282 g/mol. The van der Waals surface area contributed by atoms with Gasteiger partial charge in [-0.25, -0.2) is 0 Å². The topological polar surface area (TPSA) is 106 Å². The molecule has 108 valence electrons. The van der Waals surface area contributed by atoms with Gasteiger partial charge in [-0.15, -0.1) is 10.2 Å². The second-order valence-electron chi connectivity index (χ2n) is 4.17. The van der Waals surface area contributed by atoms with Gasteiger partial charge in [-0.1, -0.05) is 11.8 Å². The van der Waals surface area contributed by atoms with Gasteiger partial charge in [0.1, 0.15) is 6.61 Å². The van der Waals surface area contributed by atoms with Crippen LogP contribution in [-0.2, 0) is 24.5 Å². The summed E-state index contributed by atoms with van der Waals surface area (Å²) < 4.78 is 3.49. The zero-order chi connectivity index (χ0) is 14.5. The van der Waals surface area contributed by atoms with Crippen molar-refractivity contribution in [3.8, 4) is 0 Å². The summed E-state index contributed by atoms with van der Waals surface area (Å²) in [6.07, 6.45) is 3.67. The van der Waals surface area contributed by atoms with Crippen LogP contribution in [0.4, 0.5) is 0 Å². The van der Waals surface area contributed by atoms with Crippen LogP contribution in [0.15, 0.2) is 17.6 Å². The molecule has 2 heterocycles. The highest BCUT2D eigenvalue weighted by molar-refractivity contribution is 7.99. The third-order valence-corrected chi connectivity index (χ3v) is 3.53. The zero-order valence-corrected chi connectivity index (χ0v) is 11.7. The fraction of sp³-hybridized carbons (Fsp3) is 0.455. The van der Waals surface area contributed by atoms with E-state index in [0.29, 0.717) is 24.1 Å². The Hall–Kier alpha value is -1.87. The number of aryl methyl sites for hydroxylation is 2. The van der Waals surface area contributed by atoms with Crippen molar-refractivity contribution in [2.45, 2.75) is 31.8 Å². The van der Waals surface area contributed by atoms with Crippen LogP contribution in [0.3, 0.4) is 0 Å². The van der Waals surface area contributed by atoms with Crippen molar-refractivity contribution in [1.82, 2.24) is 24.5 Å². The number of nitrogens with zero attached hydrogens (tertiary/aromatic N) is 5. The summed E-state index contributed by atoms with van der Waals surface area (Å²) in [6.45, 7) is 2.83. The van der Waals surface area contributed by atoms with E-state index in [1.54, 1.807) is 15.4 Å². The summed E-state index contributed by atoms with van der Waals surface area (Å²) in [5, 5.41) is 30.3. The first-order valence-electron chi connectivity index (χ1n) is 5.96. The van der Waals surface area contributed by atoms with Gasteiger partial charge >= 0.3 is 5.97 Å². The van der Waals surface area contributed by atoms with E-state index in [1.807, 2.05) is 13.1 Å². The van der Waals surface area contributed by atoms with Gasteiger partial charge in [0.2, 0.25) is 0 Å². The Labute approximate surface area is 119 Å². The third kappa shape index (κ3) is 3.58. The summed E-state index contributed by atoms with van der Waals surface area (Å²) in [4.78, 5) is 10.6. The molecule has 2 N–H and O–H groups in total. The molecular formula is C11H15N5O3S. The van der Waals surface area contributed by atoms with E-state index >= 15 is 0 Å². The normalized spacial score (nSPS) is 10.9. The van der Waals surface area contributed by atoms with Crippen molar-refractivity contribution < 1.29 is 15.0 Å². The molecule has 0 fully saturated rings. The number of carbonyl (C=O) groups is 1. The third-order valence-electron chi connectivity index (χ3n) is 2.57. The number of aliphatic carboxylic acids is 1. The minimum atomic E-state index is -0.919. The van der Waals surface area contributed by atoms with E-state index in [1.165, 1.54) is 0 Å². The molecule has 0 radical (unpaired) electrons. The molecule has 0 aliphatic carbocycles. The van der Waals surface area contributed by atoms with Crippen LogP contribution in [0.25, 0.3) is 0 Å². The Balaban J connectivity index is 2.07. The van der Waals surface area contributed by atoms with Crippen LogP contribution in [0.5, 0.6) is 0 Å². The predicted molar refractivity (Wildman–Crippen MR) is 71.3 cm³/mol. The van der Waals surface area contributed by atoms with E-state index in [0.717, 1.165) is 17.3 Å². The molecule has 0 spiro atoms. The second kappa shape index (κ2) is 6.53. The highest BCUT2D eigenvalue weighted by atomic mass is 32.2. The van der Waals surface area contributed by atoms with Gasteiger partial charge in [0.25, 0.3) is 0 Å². The van der Waals surface area contributed by atoms with E-state index < -0.39 is 5.97 Å². The Morgan fingerprint density at radius 2 is 2.20 bits per heavy atom. The minimum Gasteiger partial charge on any atom is -0.481 e. The molecule has 8 nitrogen and oxygen atoms in total. The molecule has 0 aliphatic rings. The molecule has 0 amide bonds. The van der Waals surface area contributed by atoms with Gasteiger partial charge in [-0.2, -0.15) is 5.10 Å². The fourth-order valence-electron chi connectivity index (χ4n) is 1.69. The lowest BCUT2D eigenvalue weighted by Crippen LogP contribution is -2.12. The number of aliphatic hydroxyl groups is 1. The Kier molecular flexibility index (Phi) is 4.74. The number of hydrogen-bond donors (Lipinski definition) is 2. The quantitative estimate of drug-likeness (QED) is 0.701. The van der Waals surface area contributed by atoms with Crippen molar-refractivity contribution in [2.24, 2.45) is 0 Å². The Morgan fingerprint density at radius 3 is 2.80 bits per heavy atom. The van der Waals surface area contributed by atoms with Crippen molar-refractivity contribution >= 4 is 17.7 Å². The van der Waals surface area contributed by atoms with Gasteiger partial charge in [0.05, 0.1) is 18.5 Å². The summed E-state index contributed by atoms with van der Waals surface area (Å²) >= 11 is 1.08. The molecule has 0 aromatic carbocycles. The summed E-state index contributed by atoms with van der Waals surface area (Å²) in [5.74, 6) is -0.593. The standard InChI is InChI=1S/C11H15N5O3S/c1-8-4-12-15(5-8)2-3-16-9(6-17)13-14-11(16)20-7-10(18)19/h4-5,17H,2-3,6-7H2,1H3,(H,18,19). The average Bonchev–Trinajstić information content (AvgIpc) is 2.99. The highest BCUT2D eigenvalue weighted by Crippen LogP contribution is 2.17. The number of rotatable bonds is 7. The Morgan fingerprint density at radius 1 is 1.40 bits per heavy atom. The van der Waals surface area contributed by atoms with Gasteiger partial charge in [-0.3, -0.25) is 9.48 Å². The monoisotopic (exact) mass is 297 g/mol. The van der Waals surface area contributed by atoms with Crippen LogP contribution in [0.2, 0.25) is 0 Å². The molecule has 0 atom stereocenters. The molecule has 20 heavy (non-hydrogen) atoms. The fourth-order valence-corrected chi connectivity index (χ4v) is 2.39. The van der Waals surface area contributed by atoms with Crippen molar-refractivity contribution in [2.75, 3.05) is 5.75 Å². The number of carboxylic acids is 1. The van der Waals surface area contributed by atoms with Crippen molar-refractivity contribution in [1.29, 1.82) is 0 Å². The first-order valence-corrected chi connectivity index (χ1v) is 6.95. The van der Waals surface area contributed by atoms with E-state index in [2.05, 4.69) is 15.3 Å². The maximum atomic E-state index is 10.6. The number of aromatic nitrogens is 5. The van der Waals surface area contributed by atoms with E-state index in [4.69, 9.17) is 5.11 Å². The minimum absolute atomic E-state index is 0.0928. The molecule has 9 heteroatoms. The summed E-state index contributed by atoms with van der Waals surface area (Å²) in [5.41, 5.74) is 1.07. The molecule has 2 rings (SSSR count). The maximum Gasteiger partial charge on any atom is 0.313 e. The molecule has 0 bridgehead atoms. The predicted octanol–water partition coefficient (Wildman–Crippen LogP) is 0.152. The zero-order valence-electron chi connectivity index (χ0n) is 10.9. The van der Waals surface area contributed by atoms with Crippen LogP contribution in [-0.4, -0.2) is 46.5 Å². The van der Waals surface area contributed by atoms with Gasteiger partial charge < -0.3 is 14.8 Å². The van der Waals surface area contributed by atoms with Crippen LogP contribution < -0.4 is 0 Å². The maximum absolute atomic E-state index is 10.6. The lowest BCUT2D eigenvalue weighted by atomic mass is 10.4. The molecule has 0 aliphatic heterocycles. The molecule has 0 saturated heterocycles. The summed E-state index contributed by atoms with van der Waals surface area (Å²) in [7, 11) is 0. The lowest BCUT2D eigenvalue weighted by Gasteiger charge is -2.08. The average molecular weight is 297 g/mol. The molecule has 2 aromatic heterocycles. The van der Waals surface area contributed by atoms with E-state index in [-0.39, 0.29) is 12.4 Å². The largest absolute Gasteiger partial charge is 0.481 e. The molecule has 2 aromatic rings. The number of aliphatic hydroxyl groups excluding tert-OH is 1. The second-order valence-corrected chi connectivity index (χ2v) is 5.11. The molecule has 0 unspecified atom stereocenters. The highest BCUT2D eigenvalue weighted by Gasteiger charge is 2.13. The number of hydrogen-bond acceptors (Lipinski definition) is 6. The lowest BCUT2D eigenvalue weighted by molar-refractivity contribution is -0.133. The van der Waals surface area contributed by atoms with Crippen molar-refractivity contribution in [3.05, 3.63) is 23.8 Å². The SMILES string of the molecule is Cc1cnn(CCn2c(CO)nnc2SCC(=O)O)c1. The van der Waals surface area contributed by atoms with Crippen molar-refractivity contribution in [3.63, 3.8) is 0 Å². The number of thioether (sulfide) groups is 1. The first-order chi connectivity index (χ1) is 9.60. The smallest absolute Gasteiger partial charge is 0.313 e. The van der Waals surface area contributed by atoms with Crippen LogP contribution in [0, 0.1) is 6.92 Å². The molecule has 0 saturated carbocycles. The van der Waals surface area contributed by atoms with Gasteiger partial charge in [0.15, 0.2) is 11.0 Å². The van der Waals surface area contributed by atoms with Gasteiger partial charge in [-0.05, 0) is 12.5 Å². The number of carboxylic acid groups (broad SMARTS) is 1. The van der Waals surface area contributed by atoms with Gasteiger partial charge in [0, 0.05) is 12.7 Å². The first kappa shape index (κ1) is 14.5. The van der Waals surface area contributed by atoms with Crippen LogP contribution in [0.1, 0.15) is 11.4 Å². The van der Waals surface area contributed by atoms with E-state index in [9.17, 15) is 9.90 Å². The van der Waals surface area contributed by atoms with Crippen LogP contribution >= 0.6 is 11.8 Å². The summed E-state index contributed by atoms with van der Waals surface area (Å²) in [6, 6.07) is 0.